The third-order valence-corrected chi connectivity index (χ3v) is 4.93. The normalized spacial score (nSPS) is 42.2. The van der Waals surface area contributed by atoms with Crippen LogP contribution in [0.4, 0.5) is 0 Å². The molecule has 3 nitrogen and oxygen atoms in total. The standard InChI is InChI=1S/C14H28N2O/c1-3-12-6-4-8-14(12,10-15)16-11-13(2)7-5-9-17-13/h12,16H,3-11,15H2,1-2H3. The van der Waals surface area contributed by atoms with Crippen LogP contribution in [-0.2, 0) is 4.74 Å². The monoisotopic (exact) mass is 240 g/mol. The number of nitrogens with two attached hydrogens (primary N) is 1. The van der Waals surface area contributed by atoms with Crippen molar-refractivity contribution in [3.63, 3.8) is 0 Å². The Morgan fingerprint density at radius 1 is 1.35 bits per heavy atom. The van der Waals surface area contributed by atoms with Crippen molar-refractivity contribution in [1.29, 1.82) is 0 Å². The number of hydrogen-bond acceptors (Lipinski definition) is 3. The quantitative estimate of drug-likeness (QED) is 0.773. The molecule has 0 aromatic rings. The van der Waals surface area contributed by atoms with Crippen molar-refractivity contribution in [3.8, 4) is 0 Å². The van der Waals surface area contributed by atoms with Crippen molar-refractivity contribution < 1.29 is 4.74 Å². The third-order valence-electron chi connectivity index (χ3n) is 4.93. The zero-order valence-electron chi connectivity index (χ0n) is 11.4. The maximum Gasteiger partial charge on any atom is 0.0779 e. The SMILES string of the molecule is CCC1CCCC1(CN)NCC1(C)CCCO1. The highest BCUT2D eigenvalue weighted by atomic mass is 16.5. The summed E-state index contributed by atoms with van der Waals surface area (Å²) in [5.74, 6) is 0.748. The van der Waals surface area contributed by atoms with E-state index in [0.717, 1.165) is 25.6 Å². The highest BCUT2D eigenvalue weighted by Gasteiger charge is 2.42. The minimum Gasteiger partial charge on any atom is -0.374 e. The van der Waals surface area contributed by atoms with Crippen molar-refractivity contribution in [2.24, 2.45) is 11.7 Å². The fraction of sp³-hybridized carbons (Fsp3) is 1.00. The molecule has 1 aliphatic heterocycles. The summed E-state index contributed by atoms with van der Waals surface area (Å²) in [5.41, 5.74) is 6.29. The molecule has 17 heavy (non-hydrogen) atoms. The first-order valence-electron chi connectivity index (χ1n) is 7.23. The van der Waals surface area contributed by atoms with Crippen LogP contribution in [0, 0.1) is 5.92 Å². The predicted octanol–water partition coefficient (Wildman–Crippen LogP) is 2.05. The molecule has 0 bridgehead atoms. The zero-order valence-corrected chi connectivity index (χ0v) is 11.4. The summed E-state index contributed by atoms with van der Waals surface area (Å²) in [4.78, 5) is 0. The van der Waals surface area contributed by atoms with Gasteiger partial charge in [-0.05, 0) is 38.5 Å². The molecule has 0 amide bonds. The molecule has 3 heteroatoms. The second-order valence-corrected chi connectivity index (χ2v) is 6.11. The highest BCUT2D eigenvalue weighted by molar-refractivity contribution is 5.01. The summed E-state index contributed by atoms with van der Waals surface area (Å²) < 4.78 is 5.86. The van der Waals surface area contributed by atoms with Gasteiger partial charge in [0.1, 0.15) is 0 Å². The zero-order chi connectivity index (χ0) is 12.4. The molecular weight excluding hydrogens is 212 g/mol. The van der Waals surface area contributed by atoms with Crippen LogP contribution >= 0.6 is 0 Å². The van der Waals surface area contributed by atoms with Gasteiger partial charge in [0.25, 0.3) is 0 Å². The van der Waals surface area contributed by atoms with Gasteiger partial charge in [0.2, 0.25) is 0 Å². The average Bonchev–Trinajstić information content (AvgIpc) is 2.94. The lowest BCUT2D eigenvalue weighted by Gasteiger charge is -2.38. The lowest BCUT2D eigenvalue weighted by atomic mass is 9.84. The van der Waals surface area contributed by atoms with Crippen LogP contribution in [0.25, 0.3) is 0 Å². The highest BCUT2D eigenvalue weighted by Crippen LogP contribution is 2.38. The summed E-state index contributed by atoms with van der Waals surface area (Å²) in [6, 6.07) is 0. The molecule has 0 aromatic carbocycles. The first-order valence-corrected chi connectivity index (χ1v) is 7.23. The van der Waals surface area contributed by atoms with Gasteiger partial charge < -0.3 is 15.8 Å². The molecule has 0 spiro atoms. The van der Waals surface area contributed by atoms with Crippen LogP contribution in [0.3, 0.4) is 0 Å². The summed E-state index contributed by atoms with van der Waals surface area (Å²) in [6.07, 6.45) is 7.50. The van der Waals surface area contributed by atoms with Gasteiger partial charge in [-0.2, -0.15) is 0 Å². The van der Waals surface area contributed by atoms with E-state index in [1.165, 1.54) is 38.5 Å². The summed E-state index contributed by atoms with van der Waals surface area (Å²) in [5, 5.41) is 3.78. The maximum absolute atomic E-state index is 6.06. The summed E-state index contributed by atoms with van der Waals surface area (Å²) in [7, 11) is 0. The van der Waals surface area contributed by atoms with Crippen molar-refractivity contribution in [1.82, 2.24) is 5.32 Å². The largest absolute Gasteiger partial charge is 0.374 e. The van der Waals surface area contributed by atoms with Gasteiger partial charge in [0.05, 0.1) is 5.60 Å². The molecule has 2 rings (SSSR count). The van der Waals surface area contributed by atoms with E-state index in [2.05, 4.69) is 19.2 Å². The lowest BCUT2D eigenvalue weighted by molar-refractivity contribution is 0.0118. The molecule has 3 N–H and O–H groups in total. The maximum atomic E-state index is 6.06. The van der Waals surface area contributed by atoms with Crippen molar-refractivity contribution in [3.05, 3.63) is 0 Å². The van der Waals surface area contributed by atoms with Crippen LogP contribution in [-0.4, -0.2) is 30.8 Å². The lowest BCUT2D eigenvalue weighted by Crippen LogP contribution is -2.57. The fourth-order valence-electron chi connectivity index (χ4n) is 3.65. The molecule has 0 radical (unpaired) electrons. The van der Waals surface area contributed by atoms with E-state index in [1.54, 1.807) is 0 Å². The minimum absolute atomic E-state index is 0.0447. The first kappa shape index (κ1) is 13.3. The van der Waals surface area contributed by atoms with E-state index in [1.807, 2.05) is 0 Å². The van der Waals surface area contributed by atoms with Gasteiger partial charge in [-0.1, -0.05) is 19.8 Å². The predicted molar refractivity (Wildman–Crippen MR) is 71.0 cm³/mol. The average molecular weight is 240 g/mol. The Hall–Kier alpha value is -0.120. The van der Waals surface area contributed by atoms with E-state index in [9.17, 15) is 0 Å². The van der Waals surface area contributed by atoms with Gasteiger partial charge >= 0.3 is 0 Å². The minimum atomic E-state index is 0.0447. The van der Waals surface area contributed by atoms with E-state index in [0.29, 0.717) is 0 Å². The molecule has 2 aliphatic rings. The number of rotatable bonds is 5. The van der Waals surface area contributed by atoms with Crippen LogP contribution < -0.4 is 11.1 Å². The Bertz CT molecular complexity index is 251. The molecule has 0 aromatic heterocycles. The molecule has 1 heterocycles. The van der Waals surface area contributed by atoms with Crippen LogP contribution in [0.1, 0.15) is 52.4 Å². The van der Waals surface area contributed by atoms with Gasteiger partial charge in [0, 0.05) is 25.2 Å². The van der Waals surface area contributed by atoms with Crippen molar-refractivity contribution >= 4 is 0 Å². The fourth-order valence-corrected chi connectivity index (χ4v) is 3.65. The third kappa shape index (κ3) is 2.67. The summed E-state index contributed by atoms with van der Waals surface area (Å²) >= 11 is 0. The Kier molecular flexibility index (Phi) is 4.11. The van der Waals surface area contributed by atoms with Crippen molar-refractivity contribution in [2.45, 2.75) is 63.5 Å². The number of hydrogen-bond donors (Lipinski definition) is 2. The Balaban J connectivity index is 1.95. The smallest absolute Gasteiger partial charge is 0.0779 e. The Labute approximate surface area is 105 Å². The van der Waals surface area contributed by atoms with E-state index in [-0.39, 0.29) is 11.1 Å². The molecule has 2 fully saturated rings. The molecule has 1 saturated carbocycles. The van der Waals surface area contributed by atoms with Crippen LogP contribution in [0.15, 0.2) is 0 Å². The molecular formula is C14H28N2O. The second kappa shape index (κ2) is 5.25. The molecule has 3 atom stereocenters. The van der Waals surface area contributed by atoms with Gasteiger partial charge in [-0.15, -0.1) is 0 Å². The van der Waals surface area contributed by atoms with Gasteiger partial charge in [-0.3, -0.25) is 0 Å². The first-order chi connectivity index (χ1) is 8.14. The van der Waals surface area contributed by atoms with Gasteiger partial charge in [0.15, 0.2) is 0 Å². The number of nitrogens with one attached hydrogen (secondary N) is 1. The molecule has 3 unspecified atom stereocenters. The van der Waals surface area contributed by atoms with Crippen molar-refractivity contribution in [2.75, 3.05) is 19.7 Å². The molecule has 100 valence electrons. The second-order valence-electron chi connectivity index (χ2n) is 6.11. The topological polar surface area (TPSA) is 47.3 Å². The Morgan fingerprint density at radius 3 is 2.76 bits per heavy atom. The van der Waals surface area contributed by atoms with Gasteiger partial charge in [-0.25, -0.2) is 0 Å². The van der Waals surface area contributed by atoms with Crippen LogP contribution in [0.2, 0.25) is 0 Å². The van der Waals surface area contributed by atoms with E-state index in [4.69, 9.17) is 10.5 Å². The van der Waals surface area contributed by atoms with Crippen LogP contribution in [0.5, 0.6) is 0 Å². The van der Waals surface area contributed by atoms with E-state index < -0.39 is 0 Å². The van der Waals surface area contributed by atoms with E-state index >= 15 is 0 Å². The molecule has 1 saturated heterocycles. The summed E-state index contributed by atoms with van der Waals surface area (Å²) in [6.45, 7) is 7.16. The Morgan fingerprint density at radius 2 is 2.18 bits per heavy atom. The molecule has 1 aliphatic carbocycles. The number of ether oxygens (including phenoxy) is 1.